The lowest BCUT2D eigenvalue weighted by molar-refractivity contribution is 0.662. The van der Waals surface area contributed by atoms with E-state index in [2.05, 4.69) is 95.6 Å². The molecule has 0 saturated heterocycles. The Morgan fingerprint density at radius 3 is 2.09 bits per heavy atom. The summed E-state index contributed by atoms with van der Waals surface area (Å²) in [6, 6.07) is 44.2. The molecule has 46 heavy (non-hydrogen) atoms. The zero-order chi connectivity index (χ0) is 29.9. The van der Waals surface area contributed by atoms with Gasteiger partial charge in [-0.3, -0.25) is 4.57 Å². The van der Waals surface area contributed by atoms with Gasteiger partial charge in [-0.1, -0.05) is 84.9 Å². The van der Waals surface area contributed by atoms with E-state index >= 15 is 0 Å². The van der Waals surface area contributed by atoms with E-state index < -0.39 is 0 Å². The van der Waals surface area contributed by atoms with E-state index in [1.165, 1.54) is 25.6 Å². The minimum Gasteiger partial charge on any atom is -0.455 e. The molecule has 0 atom stereocenters. The van der Waals surface area contributed by atoms with Crippen molar-refractivity contribution in [2.45, 2.75) is 0 Å². The fourth-order valence-corrected chi connectivity index (χ4v) is 8.38. The van der Waals surface area contributed by atoms with Crippen LogP contribution in [-0.4, -0.2) is 14.5 Å². The Hall–Kier alpha value is -5.98. The number of hydrogen-bond donors (Lipinski definition) is 0. The average Bonchev–Trinajstić information content (AvgIpc) is 3.86. The zero-order valence-electron chi connectivity index (χ0n) is 24.2. The van der Waals surface area contributed by atoms with Crippen molar-refractivity contribution in [3.05, 3.63) is 127 Å². The first kappa shape index (κ1) is 24.4. The standard InChI is InChI=1S/C40H21N3O2S/c1-5-16-29-22(10-1)24-20-21-33-34(27-13-4-8-19-32(27)46-33)37(24)43(29)40-41-35-26-12-3-7-18-31(26)45-39(35)36(42-40)28-15-9-14-25-23-11-2-6-17-30(23)44-38(25)28/h1-21H. The molecule has 6 aromatic carbocycles. The highest BCUT2D eigenvalue weighted by Crippen LogP contribution is 2.44. The molecule has 0 fully saturated rings. The Bertz CT molecular complexity index is 3050. The van der Waals surface area contributed by atoms with Gasteiger partial charge < -0.3 is 8.83 Å². The van der Waals surface area contributed by atoms with E-state index in [0.29, 0.717) is 17.2 Å². The predicted octanol–water partition coefficient (Wildman–Crippen LogP) is 11.4. The molecule has 0 aliphatic carbocycles. The Labute approximate surface area is 264 Å². The van der Waals surface area contributed by atoms with Gasteiger partial charge in [0.05, 0.1) is 11.0 Å². The van der Waals surface area contributed by atoms with Gasteiger partial charge in [-0.25, -0.2) is 9.97 Å². The lowest BCUT2D eigenvalue weighted by Gasteiger charge is -2.10. The van der Waals surface area contributed by atoms with Crippen molar-refractivity contribution in [1.82, 2.24) is 14.5 Å². The second-order valence-corrected chi connectivity index (χ2v) is 12.8. The quantitative estimate of drug-likeness (QED) is 0.196. The molecule has 0 bridgehead atoms. The van der Waals surface area contributed by atoms with Crippen LogP contribution in [0.5, 0.6) is 0 Å². The van der Waals surface area contributed by atoms with Crippen LogP contribution in [0.2, 0.25) is 0 Å². The van der Waals surface area contributed by atoms with Crippen molar-refractivity contribution in [1.29, 1.82) is 0 Å². The maximum atomic E-state index is 6.55. The molecule has 5 aromatic heterocycles. The summed E-state index contributed by atoms with van der Waals surface area (Å²) in [5.41, 5.74) is 7.55. The van der Waals surface area contributed by atoms with Gasteiger partial charge in [0.1, 0.15) is 28.0 Å². The van der Waals surface area contributed by atoms with Crippen molar-refractivity contribution < 1.29 is 8.83 Å². The summed E-state index contributed by atoms with van der Waals surface area (Å²) in [4.78, 5) is 10.7. The third-order valence-corrected chi connectivity index (χ3v) is 10.4. The monoisotopic (exact) mass is 607 g/mol. The molecule has 0 unspecified atom stereocenters. The number of aromatic nitrogens is 3. The number of nitrogens with zero attached hydrogens (tertiary/aromatic N) is 3. The van der Waals surface area contributed by atoms with Gasteiger partial charge in [0.15, 0.2) is 5.58 Å². The molecular weight excluding hydrogens is 587 g/mol. The molecule has 6 heteroatoms. The van der Waals surface area contributed by atoms with Crippen LogP contribution in [0.1, 0.15) is 0 Å². The Kier molecular flexibility index (Phi) is 4.66. The molecule has 0 aliphatic rings. The molecule has 5 nitrogen and oxygen atoms in total. The van der Waals surface area contributed by atoms with E-state index in [9.17, 15) is 0 Å². The molecule has 0 aliphatic heterocycles. The smallest absolute Gasteiger partial charge is 0.236 e. The highest BCUT2D eigenvalue weighted by molar-refractivity contribution is 7.26. The highest BCUT2D eigenvalue weighted by Gasteiger charge is 2.24. The van der Waals surface area contributed by atoms with Gasteiger partial charge >= 0.3 is 0 Å². The molecule has 0 spiro atoms. The van der Waals surface area contributed by atoms with Crippen molar-refractivity contribution >= 4 is 97.3 Å². The largest absolute Gasteiger partial charge is 0.455 e. The van der Waals surface area contributed by atoms with Gasteiger partial charge in [-0.15, -0.1) is 11.3 Å². The van der Waals surface area contributed by atoms with E-state index in [4.69, 9.17) is 18.8 Å². The summed E-state index contributed by atoms with van der Waals surface area (Å²) in [5, 5.41) is 7.86. The number of fused-ring (bicyclic) bond motifs is 13. The van der Waals surface area contributed by atoms with Crippen LogP contribution in [0.3, 0.4) is 0 Å². The second kappa shape index (κ2) is 8.81. The second-order valence-electron chi connectivity index (χ2n) is 11.7. The van der Waals surface area contributed by atoms with E-state index in [1.807, 2.05) is 47.7 Å². The number of rotatable bonds is 2. The molecule has 11 aromatic rings. The lowest BCUT2D eigenvalue weighted by Crippen LogP contribution is -2.03. The van der Waals surface area contributed by atoms with Crippen LogP contribution in [0, 0.1) is 0 Å². The maximum Gasteiger partial charge on any atom is 0.236 e. The number of para-hydroxylation sites is 4. The van der Waals surface area contributed by atoms with Gasteiger partial charge in [0.25, 0.3) is 0 Å². The van der Waals surface area contributed by atoms with Gasteiger partial charge in [0, 0.05) is 52.7 Å². The molecule has 0 N–H and O–H groups in total. The van der Waals surface area contributed by atoms with Crippen LogP contribution in [0.4, 0.5) is 0 Å². The average molecular weight is 608 g/mol. The first-order valence-corrected chi connectivity index (χ1v) is 16.1. The van der Waals surface area contributed by atoms with Gasteiger partial charge in [-0.05, 0) is 42.5 Å². The molecule has 0 radical (unpaired) electrons. The third-order valence-electron chi connectivity index (χ3n) is 9.24. The summed E-state index contributed by atoms with van der Waals surface area (Å²) < 4.78 is 17.8. The fraction of sp³-hybridized carbons (Fsp3) is 0. The molecule has 214 valence electrons. The van der Waals surface area contributed by atoms with Crippen LogP contribution < -0.4 is 0 Å². The molecule has 0 amide bonds. The SMILES string of the molecule is c1ccc2c(c1)oc1c(-c3nc(-n4c5ccccc5c5ccc6sc7ccccc7c6c54)nc4c3oc3ccccc34)cccc12. The summed E-state index contributed by atoms with van der Waals surface area (Å²) >= 11 is 1.82. The number of benzene rings is 6. The van der Waals surface area contributed by atoms with Crippen LogP contribution >= 0.6 is 11.3 Å². The Morgan fingerprint density at radius 2 is 1.20 bits per heavy atom. The summed E-state index contributed by atoms with van der Waals surface area (Å²) in [5.74, 6) is 0.594. The van der Waals surface area contributed by atoms with Gasteiger partial charge in [-0.2, -0.15) is 0 Å². The van der Waals surface area contributed by atoms with Crippen molar-refractivity contribution in [2.75, 3.05) is 0 Å². The van der Waals surface area contributed by atoms with Gasteiger partial charge in [0.2, 0.25) is 5.95 Å². The normalized spacial score (nSPS) is 12.3. The minimum absolute atomic E-state index is 0.594. The topological polar surface area (TPSA) is 57.0 Å². The molecule has 5 heterocycles. The number of furan rings is 2. The van der Waals surface area contributed by atoms with Crippen LogP contribution in [-0.2, 0) is 0 Å². The Balaban J connectivity index is 1.34. The zero-order valence-corrected chi connectivity index (χ0v) is 25.0. The van der Waals surface area contributed by atoms with Crippen LogP contribution in [0.25, 0.3) is 103 Å². The molecule has 11 rings (SSSR count). The number of thiophene rings is 1. The first-order chi connectivity index (χ1) is 22.8. The van der Waals surface area contributed by atoms with Crippen LogP contribution in [0.15, 0.2) is 136 Å². The fourth-order valence-electron chi connectivity index (χ4n) is 7.27. The lowest BCUT2D eigenvalue weighted by atomic mass is 10.1. The summed E-state index contributed by atoms with van der Waals surface area (Å²) in [6.45, 7) is 0. The highest BCUT2D eigenvalue weighted by atomic mass is 32.1. The van der Waals surface area contributed by atoms with E-state index in [1.54, 1.807) is 0 Å². The maximum absolute atomic E-state index is 6.55. The molecular formula is C40H21N3O2S. The molecule has 0 saturated carbocycles. The third kappa shape index (κ3) is 3.13. The van der Waals surface area contributed by atoms with E-state index in [0.717, 1.165) is 60.4 Å². The van der Waals surface area contributed by atoms with Crippen molar-refractivity contribution in [3.63, 3.8) is 0 Å². The van der Waals surface area contributed by atoms with Crippen molar-refractivity contribution in [3.8, 4) is 17.2 Å². The predicted molar refractivity (Wildman–Crippen MR) is 189 cm³/mol. The van der Waals surface area contributed by atoms with E-state index in [-0.39, 0.29) is 0 Å². The summed E-state index contributed by atoms with van der Waals surface area (Å²) in [7, 11) is 0. The minimum atomic E-state index is 0.594. The summed E-state index contributed by atoms with van der Waals surface area (Å²) in [6.07, 6.45) is 0. The first-order valence-electron chi connectivity index (χ1n) is 15.3. The Morgan fingerprint density at radius 1 is 0.500 bits per heavy atom. The number of hydrogen-bond acceptors (Lipinski definition) is 5. The van der Waals surface area contributed by atoms with Crippen molar-refractivity contribution in [2.24, 2.45) is 0 Å².